The lowest BCUT2D eigenvalue weighted by molar-refractivity contribution is 0.443. The molecule has 178 valence electrons. The summed E-state index contributed by atoms with van der Waals surface area (Å²) in [5.41, 5.74) is 13.6. The highest BCUT2D eigenvalue weighted by Gasteiger charge is 2.19. The lowest BCUT2D eigenvalue weighted by atomic mass is 9.81. The Labute approximate surface area is 212 Å². The Hall–Kier alpha value is -3.12. The van der Waals surface area contributed by atoms with Crippen molar-refractivity contribution in [3.63, 3.8) is 0 Å². The van der Waals surface area contributed by atoms with Crippen molar-refractivity contribution in [1.29, 1.82) is 0 Å². The lowest BCUT2D eigenvalue weighted by Gasteiger charge is -2.24. The van der Waals surface area contributed by atoms with Gasteiger partial charge < -0.3 is 0 Å². The molecule has 1 saturated carbocycles. The van der Waals surface area contributed by atoms with Crippen LogP contribution >= 0.6 is 0 Å². The third-order valence-corrected chi connectivity index (χ3v) is 8.00. The van der Waals surface area contributed by atoms with Gasteiger partial charge in [0.25, 0.3) is 0 Å². The van der Waals surface area contributed by atoms with Crippen molar-refractivity contribution in [3.05, 3.63) is 124 Å². The van der Waals surface area contributed by atoms with E-state index in [1.54, 1.807) is 5.56 Å². The standard InChI is InChI=1S/C35H38/c1-4-25(2)26(3)20-27-16-18-28(19-17-27)21-29-22-32(30-10-6-5-7-11-30)24-33(23-29)35-15-9-13-31-12-8-14-34(31)35/h8-9,13-19,22-24,30H,2-7,10-12,20-21H2,1H3. The van der Waals surface area contributed by atoms with Crippen LogP contribution in [0.1, 0.15) is 84.7 Å². The van der Waals surface area contributed by atoms with Gasteiger partial charge in [0, 0.05) is 0 Å². The Kier molecular flexibility index (Phi) is 7.19. The first-order valence-electron chi connectivity index (χ1n) is 13.5. The second-order valence-corrected chi connectivity index (χ2v) is 10.5. The minimum Gasteiger partial charge on any atom is -0.0956 e. The minimum atomic E-state index is 0.704. The van der Waals surface area contributed by atoms with Gasteiger partial charge in [-0.3, -0.25) is 0 Å². The molecule has 0 amide bonds. The SMILES string of the molecule is C=C(CC)C(=C)Cc1ccc(Cc2cc(-c3cccc4c3C=CC4)cc(C3CCCCC3)c2)cc1. The molecule has 0 atom stereocenters. The minimum absolute atomic E-state index is 0.704. The van der Waals surface area contributed by atoms with Crippen LogP contribution in [0.3, 0.4) is 0 Å². The fraction of sp³-hybridized carbons (Fsp3) is 0.314. The Morgan fingerprint density at radius 1 is 0.829 bits per heavy atom. The summed E-state index contributed by atoms with van der Waals surface area (Å²) >= 11 is 0. The zero-order chi connectivity index (χ0) is 24.2. The molecule has 0 spiro atoms. The molecular weight excluding hydrogens is 420 g/mol. The van der Waals surface area contributed by atoms with E-state index in [0.717, 1.165) is 36.8 Å². The van der Waals surface area contributed by atoms with E-state index in [1.165, 1.54) is 71.0 Å². The lowest BCUT2D eigenvalue weighted by Crippen LogP contribution is -2.06. The Morgan fingerprint density at radius 3 is 2.37 bits per heavy atom. The van der Waals surface area contributed by atoms with Crippen LogP contribution in [-0.4, -0.2) is 0 Å². The van der Waals surface area contributed by atoms with E-state index in [2.05, 4.69) is 92.9 Å². The van der Waals surface area contributed by atoms with Gasteiger partial charge in [0.15, 0.2) is 0 Å². The molecule has 0 unspecified atom stereocenters. The Balaban J connectivity index is 1.44. The van der Waals surface area contributed by atoms with Crippen molar-refractivity contribution in [3.8, 4) is 11.1 Å². The van der Waals surface area contributed by atoms with E-state index in [-0.39, 0.29) is 0 Å². The molecule has 0 nitrogen and oxygen atoms in total. The number of benzene rings is 3. The summed E-state index contributed by atoms with van der Waals surface area (Å²) in [6.45, 7) is 10.5. The van der Waals surface area contributed by atoms with Gasteiger partial charge >= 0.3 is 0 Å². The van der Waals surface area contributed by atoms with E-state index in [0.29, 0.717) is 5.92 Å². The fourth-order valence-electron chi connectivity index (χ4n) is 5.82. The maximum Gasteiger partial charge on any atom is -0.00254 e. The molecule has 0 aliphatic heterocycles. The molecule has 0 heteroatoms. The predicted molar refractivity (Wildman–Crippen MR) is 152 cm³/mol. The van der Waals surface area contributed by atoms with E-state index in [9.17, 15) is 0 Å². The van der Waals surface area contributed by atoms with Gasteiger partial charge in [-0.2, -0.15) is 0 Å². The number of hydrogen-bond donors (Lipinski definition) is 0. The molecule has 0 heterocycles. The number of fused-ring (bicyclic) bond motifs is 1. The van der Waals surface area contributed by atoms with E-state index in [4.69, 9.17) is 0 Å². The van der Waals surface area contributed by atoms with Crippen molar-refractivity contribution < 1.29 is 0 Å². The molecule has 5 rings (SSSR count). The fourth-order valence-corrected chi connectivity index (χ4v) is 5.82. The Bertz CT molecular complexity index is 1250. The first kappa shape index (κ1) is 23.6. The van der Waals surface area contributed by atoms with Crippen molar-refractivity contribution in [2.75, 3.05) is 0 Å². The second kappa shape index (κ2) is 10.6. The van der Waals surface area contributed by atoms with Gasteiger partial charge in [-0.15, -0.1) is 0 Å². The summed E-state index contributed by atoms with van der Waals surface area (Å²) in [5.74, 6) is 0.704. The first-order valence-corrected chi connectivity index (χ1v) is 13.5. The first-order chi connectivity index (χ1) is 17.1. The molecule has 0 bridgehead atoms. The molecule has 2 aliphatic carbocycles. The van der Waals surface area contributed by atoms with Crippen molar-refractivity contribution in [1.82, 2.24) is 0 Å². The van der Waals surface area contributed by atoms with Crippen molar-refractivity contribution in [2.24, 2.45) is 0 Å². The molecular formula is C35H38. The van der Waals surface area contributed by atoms with Crippen LogP contribution in [0.4, 0.5) is 0 Å². The quantitative estimate of drug-likeness (QED) is 0.295. The van der Waals surface area contributed by atoms with Crippen molar-refractivity contribution >= 4 is 6.08 Å². The van der Waals surface area contributed by atoms with Crippen LogP contribution in [0.5, 0.6) is 0 Å². The van der Waals surface area contributed by atoms with Crippen LogP contribution in [-0.2, 0) is 19.3 Å². The monoisotopic (exact) mass is 458 g/mol. The summed E-state index contributed by atoms with van der Waals surface area (Å²) in [5, 5.41) is 0. The van der Waals surface area contributed by atoms with Crippen LogP contribution in [0, 0.1) is 0 Å². The third-order valence-electron chi connectivity index (χ3n) is 8.00. The molecule has 0 saturated heterocycles. The summed E-state index contributed by atoms with van der Waals surface area (Å²) in [7, 11) is 0. The number of rotatable bonds is 8. The van der Waals surface area contributed by atoms with Gasteiger partial charge in [0.05, 0.1) is 0 Å². The maximum atomic E-state index is 4.22. The summed E-state index contributed by atoms with van der Waals surface area (Å²) in [6, 6.07) is 23.4. The molecule has 0 aromatic heterocycles. The van der Waals surface area contributed by atoms with Crippen molar-refractivity contribution in [2.45, 2.75) is 70.6 Å². The summed E-state index contributed by atoms with van der Waals surface area (Å²) in [6.07, 6.45) is 15.3. The van der Waals surface area contributed by atoms with Gasteiger partial charge in [-0.1, -0.05) is 118 Å². The summed E-state index contributed by atoms with van der Waals surface area (Å²) < 4.78 is 0. The van der Waals surface area contributed by atoms with E-state index < -0.39 is 0 Å². The van der Waals surface area contributed by atoms with Crippen LogP contribution in [0.2, 0.25) is 0 Å². The normalized spacial score (nSPS) is 15.2. The van der Waals surface area contributed by atoms with Gasteiger partial charge in [-0.05, 0) is 94.5 Å². The molecule has 0 radical (unpaired) electrons. The maximum absolute atomic E-state index is 4.22. The molecule has 1 fully saturated rings. The average Bonchev–Trinajstić information content (AvgIpc) is 3.39. The van der Waals surface area contributed by atoms with Crippen LogP contribution in [0.15, 0.2) is 91.0 Å². The van der Waals surface area contributed by atoms with Crippen LogP contribution < -0.4 is 0 Å². The predicted octanol–water partition coefficient (Wildman–Crippen LogP) is 9.63. The highest BCUT2D eigenvalue weighted by molar-refractivity contribution is 5.80. The van der Waals surface area contributed by atoms with Crippen LogP contribution in [0.25, 0.3) is 17.2 Å². The Morgan fingerprint density at radius 2 is 1.60 bits per heavy atom. The van der Waals surface area contributed by atoms with E-state index >= 15 is 0 Å². The molecule has 0 N–H and O–H groups in total. The zero-order valence-electron chi connectivity index (χ0n) is 21.3. The molecule has 3 aromatic rings. The summed E-state index contributed by atoms with van der Waals surface area (Å²) in [4.78, 5) is 0. The number of allylic oxidation sites excluding steroid dienone is 3. The van der Waals surface area contributed by atoms with E-state index in [1.807, 2.05) is 0 Å². The zero-order valence-corrected chi connectivity index (χ0v) is 21.3. The average molecular weight is 459 g/mol. The highest BCUT2D eigenvalue weighted by atomic mass is 14.2. The largest absolute Gasteiger partial charge is 0.0956 e. The highest BCUT2D eigenvalue weighted by Crippen LogP contribution is 2.38. The third kappa shape index (κ3) is 5.43. The van der Waals surface area contributed by atoms with Gasteiger partial charge in [0.1, 0.15) is 0 Å². The van der Waals surface area contributed by atoms with Gasteiger partial charge in [-0.25, -0.2) is 0 Å². The molecule has 35 heavy (non-hydrogen) atoms. The van der Waals surface area contributed by atoms with Gasteiger partial charge in [0.2, 0.25) is 0 Å². The molecule has 3 aromatic carbocycles. The smallest absolute Gasteiger partial charge is 0.00254 e. The molecule has 2 aliphatic rings. The topological polar surface area (TPSA) is 0 Å². The number of hydrogen-bond acceptors (Lipinski definition) is 0. The second-order valence-electron chi connectivity index (χ2n) is 10.5.